The minimum Gasteiger partial charge on any atom is -0.480 e. The Labute approximate surface area is 59.6 Å². The van der Waals surface area contributed by atoms with E-state index in [4.69, 9.17) is 10.8 Å². The van der Waals surface area contributed by atoms with Gasteiger partial charge in [-0.15, -0.1) is 12.4 Å². The van der Waals surface area contributed by atoms with Gasteiger partial charge in [0.1, 0.15) is 5.54 Å². The molecular formula is C5H10ClNO2. The van der Waals surface area contributed by atoms with Gasteiger partial charge in [-0.05, 0) is 12.3 Å². The van der Waals surface area contributed by atoms with E-state index < -0.39 is 11.5 Å². The summed E-state index contributed by atoms with van der Waals surface area (Å²) in [5.41, 5.74) is 4.46. The van der Waals surface area contributed by atoms with Crippen LogP contribution in [0, 0.1) is 5.92 Å². The summed E-state index contributed by atoms with van der Waals surface area (Å²) in [5, 5.41) is 8.36. The molecule has 9 heavy (non-hydrogen) atoms. The summed E-state index contributed by atoms with van der Waals surface area (Å²) < 4.78 is 0. The number of carboxylic acids is 1. The Balaban J connectivity index is 0.000000640. The van der Waals surface area contributed by atoms with Gasteiger partial charge in [0.15, 0.2) is 0 Å². The third-order valence-corrected chi connectivity index (χ3v) is 1.76. The van der Waals surface area contributed by atoms with Crippen molar-refractivity contribution in [3.63, 3.8) is 0 Å². The zero-order valence-electron chi connectivity index (χ0n) is 5.13. The Kier molecular flexibility index (Phi) is 2.09. The lowest BCUT2D eigenvalue weighted by molar-refractivity contribution is -0.140. The van der Waals surface area contributed by atoms with Crippen LogP contribution >= 0.6 is 12.4 Å². The molecule has 1 rings (SSSR count). The van der Waals surface area contributed by atoms with E-state index in [2.05, 4.69) is 0 Å². The monoisotopic (exact) mass is 151 g/mol. The number of halogens is 1. The van der Waals surface area contributed by atoms with E-state index in [0.29, 0.717) is 6.42 Å². The van der Waals surface area contributed by atoms with Crippen LogP contribution in [-0.2, 0) is 4.79 Å². The molecule has 54 valence electrons. The molecule has 0 spiro atoms. The topological polar surface area (TPSA) is 63.3 Å². The van der Waals surface area contributed by atoms with Gasteiger partial charge in [0.05, 0.1) is 0 Å². The molecule has 4 heteroatoms. The highest BCUT2D eigenvalue weighted by atomic mass is 35.5. The third-order valence-electron chi connectivity index (χ3n) is 1.76. The zero-order chi connectivity index (χ0) is 6.36. The molecule has 1 aliphatic carbocycles. The molecule has 1 fully saturated rings. The molecule has 0 unspecified atom stereocenters. The normalized spacial score (nSPS) is 39.1. The van der Waals surface area contributed by atoms with Crippen molar-refractivity contribution in [3.8, 4) is 0 Å². The van der Waals surface area contributed by atoms with Crippen molar-refractivity contribution in [3.05, 3.63) is 0 Å². The smallest absolute Gasteiger partial charge is 0.323 e. The molecule has 1 aliphatic rings. The Morgan fingerprint density at radius 3 is 2.22 bits per heavy atom. The maximum absolute atomic E-state index is 10.2. The van der Waals surface area contributed by atoms with Crippen molar-refractivity contribution in [1.29, 1.82) is 0 Å². The van der Waals surface area contributed by atoms with E-state index in [-0.39, 0.29) is 18.3 Å². The van der Waals surface area contributed by atoms with Crippen LogP contribution in [0.4, 0.5) is 0 Å². The first-order valence-corrected chi connectivity index (χ1v) is 2.59. The molecule has 1 saturated carbocycles. The molecule has 0 heterocycles. The molecule has 0 bridgehead atoms. The van der Waals surface area contributed by atoms with E-state index in [1.807, 2.05) is 6.92 Å². The largest absolute Gasteiger partial charge is 0.480 e. The molecule has 0 aliphatic heterocycles. The van der Waals surface area contributed by atoms with Crippen LogP contribution in [0.25, 0.3) is 0 Å². The number of nitrogens with two attached hydrogens (primary N) is 1. The fraction of sp³-hybridized carbons (Fsp3) is 0.800. The summed E-state index contributed by atoms with van der Waals surface area (Å²) in [6, 6.07) is 0. The zero-order valence-corrected chi connectivity index (χ0v) is 5.94. The van der Waals surface area contributed by atoms with Crippen molar-refractivity contribution in [2.75, 3.05) is 0 Å². The van der Waals surface area contributed by atoms with E-state index in [1.165, 1.54) is 0 Å². The average Bonchev–Trinajstić information content (AvgIpc) is 2.17. The van der Waals surface area contributed by atoms with Crippen molar-refractivity contribution >= 4 is 18.4 Å². The fourth-order valence-electron chi connectivity index (χ4n) is 0.746. The number of hydrogen-bond acceptors (Lipinski definition) is 2. The maximum Gasteiger partial charge on any atom is 0.323 e. The Morgan fingerprint density at radius 1 is 1.89 bits per heavy atom. The van der Waals surface area contributed by atoms with Gasteiger partial charge < -0.3 is 10.8 Å². The predicted octanol–water partition coefficient (Wildman–Crippen LogP) is 0.230. The van der Waals surface area contributed by atoms with Crippen LogP contribution in [0.3, 0.4) is 0 Å². The fourth-order valence-corrected chi connectivity index (χ4v) is 0.746. The molecule has 2 atom stereocenters. The minimum atomic E-state index is -0.875. The van der Waals surface area contributed by atoms with Gasteiger partial charge in [0.25, 0.3) is 0 Å². The summed E-state index contributed by atoms with van der Waals surface area (Å²) in [4.78, 5) is 10.2. The van der Waals surface area contributed by atoms with Gasteiger partial charge in [-0.1, -0.05) is 6.92 Å². The van der Waals surface area contributed by atoms with Gasteiger partial charge in [0, 0.05) is 0 Å². The molecule has 0 saturated heterocycles. The Hall–Kier alpha value is -0.280. The molecule has 3 nitrogen and oxygen atoms in total. The standard InChI is InChI=1S/C5H9NO2.ClH/c1-3-2-5(3,6)4(7)8;/h3H,2,6H2,1H3,(H,7,8);1H/t3-,5+;/m0./s1. The van der Waals surface area contributed by atoms with Gasteiger partial charge in [-0.2, -0.15) is 0 Å². The van der Waals surface area contributed by atoms with Crippen molar-refractivity contribution < 1.29 is 9.90 Å². The SMILES string of the molecule is C[C@H]1C[C@]1(N)C(=O)O.Cl. The lowest BCUT2D eigenvalue weighted by Gasteiger charge is -1.98. The second-order valence-electron chi connectivity index (χ2n) is 2.45. The first kappa shape index (κ1) is 8.72. The summed E-state index contributed by atoms with van der Waals surface area (Å²) in [6.45, 7) is 1.84. The predicted molar refractivity (Wildman–Crippen MR) is 35.6 cm³/mol. The quantitative estimate of drug-likeness (QED) is 0.564. The van der Waals surface area contributed by atoms with Crippen molar-refractivity contribution in [2.45, 2.75) is 18.9 Å². The number of carboxylic acid groups (broad SMARTS) is 1. The molecule has 3 N–H and O–H groups in total. The molecule has 0 amide bonds. The van der Waals surface area contributed by atoms with Crippen molar-refractivity contribution in [2.24, 2.45) is 11.7 Å². The number of rotatable bonds is 1. The lowest BCUT2D eigenvalue weighted by Crippen LogP contribution is -2.34. The van der Waals surface area contributed by atoms with Crippen LogP contribution in [0.1, 0.15) is 13.3 Å². The first-order chi connectivity index (χ1) is 3.57. The number of carbonyl (C=O) groups is 1. The summed E-state index contributed by atoms with van der Waals surface area (Å²) in [7, 11) is 0. The van der Waals surface area contributed by atoms with Gasteiger partial charge in [0.2, 0.25) is 0 Å². The van der Waals surface area contributed by atoms with Crippen LogP contribution in [0.2, 0.25) is 0 Å². The van der Waals surface area contributed by atoms with Crippen LogP contribution in [0.15, 0.2) is 0 Å². The van der Waals surface area contributed by atoms with Crippen LogP contribution in [-0.4, -0.2) is 16.6 Å². The highest BCUT2D eigenvalue weighted by Crippen LogP contribution is 2.40. The van der Waals surface area contributed by atoms with Gasteiger partial charge in [-0.25, -0.2) is 0 Å². The average molecular weight is 152 g/mol. The highest BCUT2D eigenvalue weighted by molar-refractivity contribution is 5.85. The minimum absolute atomic E-state index is 0. The number of hydrogen-bond donors (Lipinski definition) is 2. The van der Waals surface area contributed by atoms with E-state index in [9.17, 15) is 4.79 Å². The van der Waals surface area contributed by atoms with Crippen molar-refractivity contribution in [1.82, 2.24) is 0 Å². The van der Waals surface area contributed by atoms with Crippen LogP contribution in [0.5, 0.6) is 0 Å². The molecule has 0 aromatic heterocycles. The van der Waals surface area contributed by atoms with E-state index >= 15 is 0 Å². The summed E-state index contributed by atoms with van der Waals surface area (Å²) >= 11 is 0. The Morgan fingerprint density at radius 2 is 2.22 bits per heavy atom. The second kappa shape index (κ2) is 2.15. The molecule has 0 radical (unpaired) electrons. The van der Waals surface area contributed by atoms with E-state index in [1.54, 1.807) is 0 Å². The summed E-state index contributed by atoms with van der Waals surface area (Å²) in [5.74, 6) is -0.704. The molecule has 0 aromatic rings. The summed E-state index contributed by atoms with van der Waals surface area (Å²) in [6.07, 6.45) is 0.627. The maximum atomic E-state index is 10.2. The highest BCUT2D eigenvalue weighted by Gasteiger charge is 2.54. The van der Waals surface area contributed by atoms with Gasteiger partial charge >= 0.3 is 5.97 Å². The lowest BCUT2D eigenvalue weighted by atomic mass is 10.2. The molecule has 0 aromatic carbocycles. The van der Waals surface area contributed by atoms with Crippen LogP contribution < -0.4 is 5.73 Å². The Bertz CT molecular complexity index is 139. The molecular weight excluding hydrogens is 142 g/mol. The second-order valence-corrected chi connectivity index (χ2v) is 2.45. The van der Waals surface area contributed by atoms with Gasteiger partial charge in [-0.3, -0.25) is 4.79 Å². The first-order valence-electron chi connectivity index (χ1n) is 2.59. The van der Waals surface area contributed by atoms with E-state index in [0.717, 1.165) is 0 Å². The number of aliphatic carboxylic acids is 1. The third kappa shape index (κ3) is 1.17.